The van der Waals surface area contributed by atoms with Gasteiger partial charge in [-0.2, -0.15) is 0 Å². The van der Waals surface area contributed by atoms with Crippen molar-refractivity contribution in [3.8, 4) is 11.5 Å². The van der Waals surface area contributed by atoms with Crippen LogP contribution in [0.4, 0.5) is 4.39 Å². The highest BCUT2D eigenvalue weighted by atomic mass is 19.1. The van der Waals surface area contributed by atoms with E-state index in [-0.39, 0.29) is 30.2 Å². The summed E-state index contributed by atoms with van der Waals surface area (Å²) in [5.74, 6) is 0.00738. The summed E-state index contributed by atoms with van der Waals surface area (Å²) in [4.78, 5) is 16.4. The van der Waals surface area contributed by atoms with E-state index in [1.807, 2.05) is 0 Å². The zero-order valence-corrected chi connectivity index (χ0v) is 12.8. The number of amides is 1. The van der Waals surface area contributed by atoms with Gasteiger partial charge in [-0.25, -0.2) is 9.37 Å². The number of benzene rings is 1. The number of carbonyl (C=O) groups is 1. The number of oxazole rings is 1. The van der Waals surface area contributed by atoms with Gasteiger partial charge in [0.15, 0.2) is 0 Å². The van der Waals surface area contributed by atoms with Gasteiger partial charge in [-0.15, -0.1) is 0 Å². The Morgan fingerprint density at radius 2 is 1.96 bits per heavy atom. The van der Waals surface area contributed by atoms with E-state index in [2.05, 4.69) is 10.3 Å². The third kappa shape index (κ3) is 4.16. The molecule has 1 saturated carbocycles. The third-order valence-corrected chi connectivity index (χ3v) is 4.12. The molecule has 1 aliphatic rings. The lowest BCUT2D eigenvalue weighted by molar-refractivity contribution is -0.121. The zero-order valence-electron chi connectivity index (χ0n) is 12.8. The van der Waals surface area contributed by atoms with Crippen LogP contribution in [-0.4, -0.2) is 23.0 Å². The molecule has 1 fully saturated rings. The number of aromatic nitrogens is 1. The van der Waals surface area contributed by atoms with Crippen molar-refractivity contribution in [1.82, 2.24) is 10.3 Å². The van der Waals surface area contributed by atoms with Crippen molar-refractivity contribution in [3.05, 3.63) is 42.0 Å². The minimum absolute atomic E-state index is 0.0653. The normalized spacial score (nSPS) is 21.1. The van der Waals surface area contributed by atoms with E-state index < -0.39 is 0 Å². The first-order valence-corrected chi connectivity index (χ1v) is 7.85. The first-order valence-electron chi connectivity index (χ1n) is 7.85. The number of hydrogen-bond acceptors (Lipinski definition) is 4. The second-order valence-corrected chi connectivity index (χ2v) is 6.01. The fourth-order valence-electron chi connectivity index (χ4n) is 2.82. The van der Waals surface area contributed by atoms with E-state index in [4.69, 9.17) is 10.2 Å². The Morgan fingerprint density at radius 3 is 2.65 bits per heavy atom. The number of nitrogens with two attached hydrogens (primary N) is 1. The van der Waals surface area contributed by atoms with Crippen molar-refractivity contribution < 1.29 is 13.6 Å². The first-order chi connectivity index (χ1) is 11.1. The fourth-order valence-corrected chi connectivity index (χ4v) is 2.82. The van der Waals surface area contributed by atoms with Gasteiger partial charge < -0.3 is 15.5 Å². The average Bonchev–Trinajstić information content (AvgIpc) is 2.98. The highest BCUT2D eigenvalue weighted by molar-refractivity contribution is 5.78. The minimum Gasteiger partial charge on any atom is -0.444 e. The summed E-state index contributed by atoms with van der Waals surface area (Å²) in [7, 11) is 0. The SMILES string of the molecule is NC1CCC(NC(=O)Cc2coc(-c3ccc(F)cc3)n2)CC1. The molecule has 3 N–H and O–H groups in total. The second kappa shape index (κ2) is 6.91. The predicted molar refractivity (Wildman–Crippen MR) is 84.0 cm³/mol. The van der Waals surface area contributed by atoms with Gasteiger partial charge in [0.1, 0.15) is 12.1 Å². The van der Waals surface area contributed by atoms with E-state index in [1.54, 1.807) is 12.1 Å². The Labute approximate surface area is 134 Å². The Morgan fingerprint density at radius 1 is 1.26 bits per heavy atom. The molecule has 1 heterocycles. The number of rotatable bonds is 4. The number of halogens is 1. The van der Waals surface area contributed by atoms with Crippen molar-refractivity contribution in [1.29, 1.82) is 0 Å². The van der Waals surface area contributed by atoms with Crippen LogP contribution in [-0.2, 0) is 11.2 Å². The van der Waals surface area contributed by atoms with Crippen molar-refractivity contribution in [2.24, 2.45) is 5.73 Å². The number of nitrogens with zero attached hydrogens (tertiary/aromatic N) is 1. The molecule has 0 atom stereocenters. The summed E-state index contributed by atoms with van der Waals surface area (Å²) in [6.45, 7) is 0. The van der Waals surface area contributed by atoms with Crippen molar-refractivity contribution in [2.45, 2.75) is 44.2 Å². The lowest BCUT2D eigenvalue weighted by Crippen LogP contribution is -2.41. The predicted octanol–water partition coefficient (Wildman–Crippen LogP) is 2.41. The summed E-state index contributed by atoms with van der Waals surface area (Å²) >= 11 is 0. The quantitative estimate of drug-likeness (QED) is 0.907. The van der Waals surface area contributed by atoms with Crippen LogP contribution in [0.3, 0.4) is 0 Å². The molecule has 1 aromatic heterocycles. The van der Waals surface area contributed by atoms with Gasteiger partial charge in [0, 0.05) is 17.6 Å². The van der Waals surface area contributed by atoms with Crippen LogP contribution in [0.2, 0.25) is 0 Å². The Balaban J connectivity index is 1.56. The van der Waals surface area contributed by atoms with Gasteiger partial charge in [0.05, 0.1) is 12.1 Å². The topological polar surface area (TPSA) is 81.1 Å². The number of carbonyl (C=O) groups excluding carboxylic acids is 1. The summed E-state index contributed by atoms with van der Waals surface area (Å²) in [5, 5.41) is 3.02. The molecular weight excluding hydrogens is 297 g/mol. The van der Waals surface area contributed by atoms with Crippen molar-refractivity contribution in [2.75, 3.05) is 0 Å². The van der Waals surface area contributed by atoms with Crippen LogP contribution in [0.5, 0.6) is 0 Å². The maximum atomic E-state index is 12.9. The highest BCUT2D eigenvalue weighted by Crippen LogP contribution is 2.20. The van der Waals surface area contributed by atoms with Gasteiger partial charge in [-0.05, 0) is 49.9 Å². The van der Waals surface area contributed by atoms with Crippen LogP contribution in [0.15, 0.2) is 34.9 Å². The second-order valence-electron chi connectivity index (χ2n) is 6.01. The summed E-state index contributed by atoms with van der Waals surface area (Å²) in [6.07, 6.45) is 5.38. The van der Waals surface area contributed by atoms with E-state index >= 15 is 0 Å². The summed E-state index contributed by atoms with van der Waals surface area (Å²) in [6, 6.07) is 6.34. The molecule has 2 aromatic rings. The first kappa shape index (κ1) is 15.7. The van der Waals surface area contributed by atoms with Gasteiger partial charge in [-0.1, -0.05) is 0 Å². The molecule has 5 nitrogen and oxygen atoms in total. The number of nitrogens with one attached hydrogen (secondary N) is 1. The fraction of sp³-hybridized carbons (Fsp3) is 0.412. The van der Waals surface area contributed by atoms with Crippen LogP contribution in [0, 0.1) is 5.82 Å². The number of hydrogen-bond donors (Lipinski definition) is 2. The highest BCUT2D eigenvalue weighted by Gasteiger charge is 2.20. The molecular formula is C17H20FN3O2. The Kier molecular flexibility index (Phi) is 4.71. The molecule has 1 aromatic carbocycles. The smallest absolute Gasteiger partial charge is 0.226 e. The summed E-state index contributed by atoms with van der Waals surface area (Å²) < 4.78 is 18.3. The largest absolute Gasteiger partial charge is 0.444 e. The van der Waals surface area contributed by atoms with Crippen molar-refractivity contribution >= 4 is 5.91 Å². The van der Waals surface area contributed by atoms with Crippen LogP contribution in [0.25, 0.3) is 11.5 Å². The minimum atomic E-state index is -0.313. The van der Waals surface area contributed by atoms with Crippen LogP contribution >= 0.6 is 0 Å². The zero-order chi connectivity index (χ0) is 16.2. The molecule has 1 aliphatic carbocycles. The molecule has 0 aliphatic heterocycles. The van der Waals surface area contributed by atoms with E-state index in [0.717, 1.165) is 25.7 Å². The van der Waals surface area contributed by atoms with Gasteiger partial charge in [-0.3, -0.25) is 4.79 Å². The molecule has 1 amide bonds. The van der Waals surface area contributed by atoms with Crippen LogP contribution in [0.1, 0.15) is 31.4 Å². The van der Waals surface area contributed by atoms with E-state index in [0.29, 0.717) is 17.1 Å². The van der Waals surface area contributed by atoms with Crippen molar-refractivity contribution in [3.63, 3.8) is 0 Å². The molecule has 6 heteroatoms. The lowest BCUT2D eigenvalue weighted by Gasteiger charge is -2.26. The molecule has 0 unspecified atom stereocenters. The Bertz CT molecular complexity index is 661. The molecule has 0 spiro atoms. The molecule has 0 saturated heterocycles. The standard InChI is InChI=1S/C17H20FN3O2/c18-12-3-1-11(2-4-12)17-21-15(10-23-17)9-16(22)20-14-7-5-13(19)6-8-14/h1-4,10,13-14H,5-9,19H2,(H,20,22). The molecule has 3 rings (SSSR count). The molecule has 0 radical (unpaired) electrons. The van der Waals surface area contributed by atoms with Gasteiger partial charge >= 0.3 is 0 Å². The maximum absolute atomic E-state index is 12.9. The third-order valence-electron chi connectivity index (χ3n) is 4.12. The average molecular weight is 317 g/mol. The maximum Gasteiger partial charge on any atom is 0.226 e. The van der Waals surface area contributed by atoms with Gasteiger partial charge in [0.2, 0.25) is 11.8 Å². The monoisotopic (exact) mass is 317 g/mol. The van der Waals surface area contributed by atoms with Crippen LogP contribution < -0.4 is 11.1 Å². The summed E-state index contributed by atoms with van der Waals surface area (Å²) in [5.41, 5.74) is 7.10. The molecule has 122 valence electrons. The molecule has 23 heavy (non-hydrogen) atoms. The van der Waals surface area contributed by atoms with E-state index in [1.165, 1.54) is 18.4 Å². The lowest BCUT2D eigenvalue weighted by atomic mass is 9.92. The van der Waals surface area contributed by atoms with E-state index in [9.17, 15) is 9.18 Å². The Hall–Kier alpha value is -2.21. The molecule has 0 bridgehead atoms. The van der Waals surface area contributed by atoms with Gasteiger partial charge in [0.25, 0.3) is 0 Å².